The third-order valence-electron chi connectivity index (χ3n) is 11.5. The van der Waals surface area contributed by atoms with E-state index in [9.17, 15) is 5.11 Å². The Hall–Kier alpha value is -0.300. The molecule has 1 heteroatoms. The van der Waals surface area contributed by atoms with Gasteiger partial charge in [-0.15, -0.1) is 0 Å². The first-order valence-corrected chi connectivity index (χ1v) is 13.5. The zero-order valence-electron chi connectivity index (χ0n) is 21.1. The van der Waals surface area contributed by atoms with Crippen molar-refractivity contribution in [3.8, 4) is 0 Å². The number of hydrogen-bond donors (Lipinski definition) is 1. The molecule has 1 nitrogen and oxygen atoms in total. The van der Waals surface area contributed by atoms with E-state index in [1.165, 1.54) is 57.8 Å². The Kier molecular flexibility index (Phi) is 6.28. The van der Waals surface area contributed by atoms with Crippen LogP contribution in [-0.4, -0.2) is 11.2 Å². The minimum Gasteiger partial charge on any atom is -0.393 e. The van der Waals surface area contributed by atoms with E-state index in [0.29, 0.717) is 22.7 Å². The molecule has 4 rings (SSSR count). The van der Waals surface area contributed by atoms with Crippen molar-refractivity contribution < 1.29 is 5.11 Å². The van der Waals surface area contributed by atoms with Gasteiger partial charge < -0.3 is 5.11 Å². The molecule has 0 aromatic heterocycles. The van der Waals surface area contributed by atoms with Gasteiger partial charge in [-0.1, -0.05) is 72.5 Å². The van der Waals surface area contributed by atoms with Crippen LogP contribution in [0.15, 0.2) is 11.1 Å². The van der Waals surface area contributed by atoms with E-state index in [-0.39, 0.29) is 6.10 Å². The van der Waals surface area contributed by atoms with Crippen LogP contribution < -0.4 is 0 Å². The van der Waals surface area contributed by atoms with Gasteiger partial charge >= 0.3 is 0 Å². The van der Waals surface area contributed by atoms with Gasteiger partial charge in [-0.2, -0.15) is 0 Å². The normalized spacial score (nSPS) is 45.7. The smallest absolute Gasteiger partial charge is 0.0569 e. The van der Waals surface area contributed by atoms with Crippen LogP contribution in [0.3, 0.4) is 0 Å². The molecular weight excluding hydrogens is 364 g/mol. The maximum absolute atomic E-state index is 10.5. The standard InChI is InChI=1S/C29H50O/c1-18(2)19(3)8-9-20(4)23-12-13-25-22-10-11-24-21(5)27(30)15-17-29(24,7)26(22)14-16-28(23,25)6/h18-21,23-25,27,30H,8-17H2,1-7H3. The van der Waals surface area contributed by atoms with Crippen LogP contribution in [0.4, 0.5) is 0 Å². The number of hydrogen-bond acceptors (Lipinski definition) is 1. The first-order chi connectivity index (χ1) is 14.1. The minimum atomic E-state index is -0.0657. The van der Waals surface area contributed by atoms with Gasteiger partial charge in [0.05, 0.1) is 6.10 Å². The van der Waals surface area contributed by atoms with Crippen molar-refractivity contribution in [1.29, 1.82) is 0 Å². The summed E-state index contributed by atoms with van der Waals surface area (Å²) in [5, 5.41) is 10.5. The third-order valence-corrected chi connectivity index (χ3v) is 11.5. The predicted molar refractivity (Wildman–Crippen MR) is 128 cm³/mol. The highest BCUT2D eigenvalue weighted by Gasteiger charge is 2.56. The predicted octanol–water partition coefficient (Wildman–Crippen LogP) is 8.02. The quantitative estimate of drug-likeness (QED) is 0.451. The highest BCUT2D eigenvalue weighted by atomic mass is 16.3. The van der Waals surface area contributed by atoms with Gasteiger partial charge in [0.25, 0.3) is 0 Å². The molecule has 0 heterocycles. The molecule has 0 bridgehead atoms. The lowest BCUT2D eigenvalue weighted by Crippen LogP contribution is -2.49. The van der Waals surface area contributed by atoms with Gasteiger partial charge in [0, 0.05) is 0 Å². The highest BCUT2D eigenvalue weighted by molar-refractivity contribution is 5.34. The Bertz CT molecular complexity index is 661. The number of aliphatic hydroxyl groups is 1. The van der Waals surface area contributed by atoms with E-state index >= 15 is 0 Å². The summed E-state index contributed by atoms with van der Waals surface area (Å²) in [5.41, 5.74) is 4.71. The minimum absolute atomic E-state index is 0.0657. The highest BCUT2D eigenvalue weighted by Crippen LogP contribution is 2.66. The van der Waals surface area contributed by atoms with Crippen LogP contribution in [0, 0.1) is 52.3 Å². The summed E-state index contributed by atoms with van der Waals surface area (Å²) in [6.45, 7) is 17.4. The number of fused-ring (bicyclic) bond motifs is 4. The largest absolute Gasteiger partial charge is 0.393 e. The topological polar surface area (TPSA) is 20.2 Å². The number of allylic oxidation sites excluding steroid dienone is 2. The molecule has 0 radical (unpaired) electrons. The van der Waals surface area contributed by atoms with Crippen molar-refractivity contribution in [2.75, 3.05) is 0 Å². The Morgan fingerprint density at radius 3 is 2.37 bits per heavy atom. The van der Waals surface area contributed by atoms with E-state index in [1.54, 1.807) is 0 Å². The Morgan fingerprint density at radius 2 is 1.67 bits per heavy atom. The summed E-state index contributed by atoms with van der Waals surface area (Å²) >= 11 is 0. The fourth-order valence-electron chi connectivity index (χ4n) is 8.94. The van der Waals surface area contributed by atoms with Gasteiger partial charge in [-0.3, -0.25) is 0 Å². The van der Waals surface area contributed by atoms with E-state index in [1.807, 2.05) is 11.1 Å². The molecule has 9 atom stereocenters. The Morgan fingerprint density at radius 1 is 0.933 bits per heavy atom. The van der Waals surface area contributed by atoms with E-state index in [0.717, 1.165) is 36.0 Å². The van der Waals surface area contributed by atoms with Crippen molar-refractivity contribution >= 4 is 0 Å². The van der Waals surface area contributed by atoms with Gasteiger partial charge in [-0.25, -0.2) is 0 Å². The lowest BCUT2D eigenvalue weighted by atomic mass is 9.49. The fraction of sp³-hybridized carbons (Fsp3) is 0.931. The van der Waals surface area contributed by atoms with Crippen molar-refractivity contribution in [2.24, 2.45) is 52.3 Å². The molecule has 1 N–H and O–H groups in total. The average molecular weight is 415 g/mol. The van der Waals surface area contributed by atoms with Crippen molar-refractivity contribution in [3.05, 3.63) is 11.1 Å². The van der Waals surface area contributed by atoms with E-state index in [4.69, 9.17) is 0 Å². The summed E-state index contributed by atoms with van der Waals surface area (Å²) in [6, 6.07) is 0. The van der Waals surface area contributed by atoms with E-state index < -0.39 is 0 Å². The number of aliphatic hydroxyl groups excluding tert-OH is 1. The molecule has 9 unspecified atom stereocenters. The number of rotatable bonds is 5. The molecule has 30 heavy (non-hydrogen) atoms. The van der Waals surface area contributed by atoms with Gasteiger partial charge in [0.15, 0.2) is 0 Å². The first-order valence-electron chi connectivity index (χ1n) is 13.5. The maximum atomic E-state index is 10.5. The molecule has 2 saturated carbocycles. The molecule has 2 fully saturated rings. The fourth-order valence-corrected chi connectivity index (χ4v) is 8.94. The molecule has 4 aliphatic carbocycles. The SMILES string of the molecule is CC(C)C(C)CCC(C)C1CCC2C3=C(CCC21C)C1(C)CCC(O)C(C)C1CC3. The second-order valence-electron chi connectivity index (χ2n) is 13.0. The molecule has 172 valence electrons. The zero-order chi connectivity index (χ0) is 21.8. The van der Waals surface area contributed by atoms with Crippen LogP contribution in [0.2, 0.25) is 0 Å². The molecular formula is C29H50O. The van der Waals surface area contributed by atoms with Crippen molar-refractivity contribution in [2.45, 2.75) is 119 Å². The molecule has 0 amide bonds. The lowest BCUT2D eigenvalue weighted by Gasteiger charge is -2.56. The Labute approximate surface area is 187 Å². The van der Waals surface area contributed by atoms with Crippen LogP contribution in [-0.2, 0) is 0 Å². The van der Waals surface area contributed by atoms with Gasteiger partial charge in [0.2, 0.25) is 0 Å². The summed E-state index contributed by atoms with van der Waals surface area (Å²) in [4.78, 5) is 0. The van der Waals surface area contributed by atoms with Crippen LogP contribution >= 0.6 is 0 Å². The van der Waals surface area contributed by atoms with Gasteiger partial charge in [0.1, 0.15) is 0 Å². The van der Waals surface area contributed by atoms with Crippen molar-refractivity contribution in [1.82, 2.24) is 0 Å². The van der Waals surface area contributed by atoms with Crippen LogP contribution in [0.1, 0.15) is 113 Å². The van der Waals surface area contributed by atoms with E-state index in [2.05, 4.69) is 48.5 Å². The molecule has 0 spiro atoms. The molecule has 0 aliphatic heterocycles. The van der Waals surface area contributed by atoms with Gasteiger partial charge in [-0.05, 0) is 104 Å². The molecule has 0 saturated heterocycles. The Balaban J connectivity index is 1.54. The second-order valence-corrected chi connectivity index (χ2v) is 13.0. The second kappa shape index (κ2) is 8.24. The van der Waals surface area contributed by atoms with Crippen molar-refractivity contribution in [3.63, 3.8) is 0 Å². The summed E-state index contributed by atoms with van der Waals surface area (Å²) in [6.07, 6.45) is 13.3. The summed E-state index contributed by atoms with van der Waals surface area (Å²) in [5.74, 6) is 5.52. The summed E-state index contributed by atoms with van der Waals surface area (Å²) < 4.78 is 0. The summed E-state index contributed by atoms with van der Waals surface area (Å²) in [7, 11) is 0. The lowest BCUT2D eigenvalue weighted by molar-refractivity contribution is -0.0336. The van der Waals surface area contributed by atoms with Crippen LogP contribution in [0.25, 0.3) is 0 Å². The monoisotopic (exact) mass is 414 g/mol. The van der Waals surface area contributed by atoms with Crippen LogP contribution in [0.5, 0.6) is 0 Å². The first kappa shape index (κ1) is 22.9. The average Bonchev–Trinajstić information content (AvgIpc) is 3.06. The molecule has 4 aliphatic rings. The molecule has 0 aromatic rings. The zero-order valence-corrected chi connectivity index (χ0v) is 21.1. The maximum Gasteiger partial charge on any atom is 0.0569 e. The molecule has 0 aromatic carbocycles. The third kappa shape index (κ3) is 3.54.